The fourth-order valence-electron chi connectivity index (χ4n) is 3.14. The largest absolute Gasteiger partial charge is 0.434 e. The Morgan fingerprint density at radius 1 is 1.03 bits per heavy atom. The van der Waals surface area contributed by atoms with Gasteiger partial charge in [-0.3, -0.25) is 4.79 Å². The molecule has 3 heterocycles. The standard InChI is InChI=1S/C17H16F6N4O2/c1-9-7-26(8-10(2)29-9)15(28)12-6-25-27(14(12)17(21,22)23)13-4-3-11(5-24-13)16(18,19)20/h3-6,9-10H,7-8H2,1-2H3. The molecule has 0 radical (unpaired) electrons. The quantitative estimate of drug-likeness (QED) is 0.695. The van der Waals surface area contributed by atoms with Crippen molar-refractivity contribution in [2.24, 2.45) is 0 Å². The molecule has 12 heteroatoms. The Morgan fingerprint density at radius 3 is 2.14 bits per heavy atom. The van der Waals surface area contributed by atoms with Crippen LogP contribution in [0.15, 0.2) is 24.5 Å². The van der Waals surface area contributed by atoms with Gasteiger partial charge in [0.25, 0.3) is 5.91 Å². The predicted molar refractivity (Wildman–Crippen MR) is 87.3 cm³/mol. The summed E-state index contributed by atoms with van der Waals surface area (Å²) in [6.45, 7) is 3.58. The number of amides is 1. The topological polar surface area (TPSA) is 60.2 Å². The fourth-order valence-corrected chi connectivity index (χ4v) is 3.14. The Bertz CT molecular complexity index is 881. The highest BCUT2D eigenvalue weighted by atomic mass is 19.4. The van der Waals surface area contributed by atoms with E-state index >= 15 is 0 Å². The highest BCUT2D eigenvalue weighted by Crippen LogP contribution is 2.35. The summed E-state index contributed by atoms with van der Waals surface area (Å²) in [6, 6.07) is 1.36. The van der Waals surface area contributed by atoms with E-state index in [2.05, 4.69) is 10.1 Å². The van der Waals surface area contributed by atoms with E-state index in [1.807, 2.05) is 0 Å². The highest BCUT2D eigenvalue weighted by Gasteiger charge is 2.42. The van der Waals surface area contributed by atoms with Gasteiger partial charge in [-0.1, -0.05) is 0 Å². The van der Waals surface area contributed by atoms with Gasteiger partial charge in [-0.05, 0) is 26.0 Å². The molecule has 158 valence electrons. The molecule has 6 nitrogen and oxygen atoms in total. The van der Waals surface area contributed by atoms with Gasteiger partial charge in [0.1, 0.15) is 0 Å². The molecular weight excluding hydrogens is 406 g/mol. The van der Waals surface area contributed by atoms with Gasteiger partial charge in [0.15, 0.2) is 11.5 Å². The van der Waals surface area contributed by atoms with E-state index in [9.17, 15) is 31.1 Å². The summed E-state index contributed by atoms with van der Waals surface area (Å²) in [5.41, 5.74) is -3.23. The maximum Gasteiger partial charge on any atom is 0.434 e. The number of halogens is 6. The molecule has 1 aliphatic heterocycles. The first-order chi connectivity index (χ1) is 13.4. The van der Waals surface area contributed by atoms with Crippen molar-refractivity contribution in [1.29, 1.82) is 0 Å². The van der Waals surface area contributed by atoms with E-state index < -0.39 is 40.9 Å². The van der Waals surface area contributed by atoms with Gasteiger partial charge in [0, 0.05) is 19.3 Å². The molecule has 0 aliphatic carbocycles. The summed E-state index contributed by atoms with van der Waals surface area (Å²) in [6.07, 6.45) is -9.24. The Balaban J connectivity index is 2.01. The number of carbonyl (C=O) groups is 1. The molecule has 0 saturated carbocycles. The van der Waals surface area contributed by atoms with Gasteiger partial charge in [-0.15, -0.1) is 0 Å². The molecule has 1 saturated heterocycles. The molecule has 0 N–H and O–H groups in total. The summed E-state index contributed by atoms with van der Waals surface area (Å²) in [5, 5.41) is 3.57. The lowest BCUT2D eigenvalue weighted by Gasteiger charge is -2.35. The van der Waals surface area contributed by atoms with E-state index in [0.29, 0.717) is 16.9 Å². The third-order valence-corrected chi connectivity index (χ3v) is 4.27. The Kier molecular flexibility index (Phi) is 5.32. The number of hydrogen-bond acceptors (Lipinski definition) is 4. The zero-order chi connectivity index (χ0) is 21.6. The number of rotatable bonds is 2. The molecule has 1 aliphatic rings. The van der Waals surface area contributed by atoms with E-state index in [1.54, 1.807) is 13.8 Å². The zero-order valence-corrected chi connectivity index (χ0v) is 15.3. The van der Waals surface area contributed by atoms with Gasteiger partial charge in [0.05, 0.1) is 29.5 Å². The van der Waals surface area contributed by atoms with Crippen LogP contribution in [0.5, 0.6) is 0 Å². The summed E-state index contributed by atoms with van der Waals surface area (Å²) in [7, 11) is 0. The van der Waals surface area contributed by atoms with Crippen LogP contribution >= 0.6 is 0 Å². The molecule has 1 fully saturated rings. The van der Waals surface area contributed by atoms with E-state index in [-0.39, 0.29) is 25.3 Å². The van der Waals surface area contributed by atoms with Gasteiger partial charge >= 0.3 is 12.4 Å². The molecule has 3 rings (SSSR count). The molecule has 2 atom stereocenters. The number of hydrogen-bond donors (Lipinski definition) is 0. The van der Waals surface area contributed by atoms with Crippen LogP contribution in [0.1, 0.15) is 35.5 Å². The number of alkyl halides is 6. The molecule has 1 amide bonds. The first kappa shape index (κ1) is 21.1. The van der Waals surface area contributed by atoms with Crippen molar-refractivity contribution in [1.82, 2.24) is 19.7 Å². The number of pyridine rings is 1. The summed E-state index contributed by atoms with van der Waals surface area (Å²) < 4.78 is 84.9. The molecule has 2 aromatic rings. The second-order valence-corrected chi connectivity index (χ2v) is 6.69. The molecule has 0 bridgehead atoms. The molecule has 0 aromatic carbocycles. The Hall–Kier alpha value is -2.63. The van der Waals surface area contributed by atoms with Crippen LogP contribution in [0.2, 0.25) is 0 Å². The predicted octanol–water partition coefficient (Wildman–Crippen LogP) is 3.55. The van der Waals surface area contributed by atoms with Crippen LogP contribution in [0.25, 0.3) is 5.82 Å². The monoisotopic (exact) mass is 422 g/mol. The van der Waals surface area contributed by atoms with Gasteiger partial charge in [-0.2, -0.15) is 31.4 Å². The molecule has 2 unspecified atom stereocenters. The van der Waals surface area contributed by atoms with E-state index in [1.165, 1.54) is 4.90 Å². The van der Waals surface area contributed by atoms with Gasteiger partial charge < -0.3 is 9.64 Å². The van der Waals surface area contributed by atoms with Crippen LogP contribution in [0.3, 0.4) is 0 Å². The van der Waals surface area contributed by atoms with Crippen molar-refractivity contribution < 1.29 is 35.9 Å². The third-order valence-electron chi connectivity index (χ3n) is 4.27. The second-order valence-electron chi connectivity index (χ2n) is 6.69. The fraction of sp³-hybridized carbons (Fsp3) is 0.471. The lowest BCUT2D eigenvalue weighted by molar-refractivity contribution is -0.143. The van der Waals surface area contributed by atoms with Crippen molar-refractivity contribution in [3.63, 3.8) is 0 Å². The zero-order valence-electron chi connectivity index (χ0n) is 15.3. The van der Waals surface area contributed by atoms with Crippen molar-refractivity contribution in [3.05, 3.63) is 41.3 Å². The van der Waals surface area contributed by atoms with Crippen molar-refractivity contribution in [2.75, 3.05) is 13.1 Å². The number of carbonyl (C=O) groups excluding carboxylic acids is 1. The Morgan fingerprint density at radius 2 is 1.66 bits per heavy atom. The van der Waals surface area contributed by atoms with Gasteiger partial charge in [0.2, 0.25) is 0 Å². The van der Waals surface area contributed by atoms with E-state index in [4.69, 9.17) is 4.74 Å². The SMILES string of the molecule is CC1CN(C(=O)c2cnn(-c3ccc(C(F)(F)F)cn3)c2C(F)(F)F)CC(C)O1. The Labute approximate surface area is 161 Å². The first-order valence-electron chi connectivity index (χ1n) is 8.51. The van der Waals surface area contributed by atoms with Crippen LogP contribution < -0.4 is 0 Å². The lowest BCUT2D eigenvalue weighted by atomic mass is 10.1. The number of morpholine rings is 1. The van der Waals surface area contributed by atoms with Crippen LogP contribution in [-0.4, -0.2) is 50.9 Å². The summed E-state index contributed by atoms with van der Waals surface area (Å²) in [5.74, 6) is -1.38. The second kappa shape index (κ2) is 7.32. The van der Waals surface area contributed by atoms with Crippen LogP contribution in [-0.2, 0) is 17.1 Å². The normalized spacial score (nSPS) is 20.8. The molecular formula is C17H16F6N4O2. The van der Waals surface area contributed by atoms with Crippen LogP contribution in [0, 0.1) is 0 Å². The van der Waals surface area contributed by atoms with Crippen molar-refractivity contribution in [2.45, 2.75) is 38.4 Å². The minimum absolute atomic E-state index is 0.101. The number of aromatic nitrogens is 3. The van der Waals surface area contributed by atoms with E-state index in [0.717, 1.165) is 12.3 Å². The average Bonchev–Trinajstić information content (AvgIpc) is 3.05. The molecule has 0 spiro atoms. The third kappa shape index (κ3) is 4.36. The maximum atomic E-state index is 13.7. The smallest absolute Gasteiger partial charge is 0.372 e. The highest BCUT2D eigenvalue weighted by molar-refractivity contribution is 5.95. The van der Waals surface area contributed by atoms with Crippen molar-refractivity contribution >= 4 is 5.91 Å². The van der Waals surface area contributed by atoms with Gasteiger partial charge in [-0.25, -0.2) is 9.67 Å². The van der Waals surface area contributed by atoms with Crippen LogP contribution in [0.4, 0.5) is 26.3 Å². The molecule has 29 heavy (non-hydrogen) atoms. The first-order valence-corrected chi connectivity index (χ1v) is 8.51. The minimum Gasteiger partial charge on any atom is -0.372 e. The minimum atomic E-state index is -4.99. The lowest BCUT2D eigenvalue weighted by Crippen LogP contribution is -2.48. The molecule has 2 aromatic heterocycles. The maximum absolute atomic E-state index is 13.7. The van der Waals surface area contributed by atoms with Crippen molar-refractivity contribution in [3.8, 4) is 5.82 Å². The summed E-state index contributed by atoms with van der Waals surface area (Å²) >= 11 is 0. The summed E-state index contributed by atoms with van der Waals surface area (Å²) in [4.78, 5) is 17.4. The average molecular weight is 422 g/mol. The number of ether oxygens (including phenoxy) is 1. The number of nitrogens with zero attached hydrogens (tertiary/aromatic N) is 4.